The SMILES string of the molecule is Nc1nc(-n2cccn2)nc([SH]2C=CC=C2)c1Br. The first kappa shape index (κ1) is 11.5. The summed E-state index contributed by atoms with van der Waals surface area (Å²) < 4.78 is 2.37. The first-order chi connectivity index (χ1) is 8.75. The molecule has 0 bridgehead atoms. The second-order valence-electron chi connectivity index (χ2n) is 3.59. The summed E-state index contributed by atoms with van der Waals surface area (Å²) in [6, 6.07) is 1.82. The lowest BCUT2D eigenvalue weighted by Gasteiger charge is -2.14. The van der Waals surface area contributed by atoms with E-state index >= 15 is 0 Å². The number of aromatic nitrogens is 4. The molecule has 1 aliphatic rings. The second-order valence-corrected chi connectivity index (χ2v) is 6.21. The molecule has 0 aromatic carbocycles. The van der Waals surface area contributed by atoms with E-state index < -0.39 is 10.9 Å². The maximum Gasteiger partial charge on any atom is 0.253 e. The van der Waals surface area contributed by atoms with Crippen molar-refractivity contribution in [2.75, 3.05) is 5.73 Å². The predicted molar refractivity (Wildman–Crippen MR) is 76.8 cm³/mol. The molecule has 5 nitrogen and oxygen atoms in total. The van der Waals surface area contributed by atoms with Gasteiger partial charge < -0.3 is 5.73 Å². The van der Waals surface area contributed by atoms with E-state index in [1.54, 1.807) is 17.1 Å². The van der Waals surface area contributed by atoms with Crippen molar-refractivity contribution in [3.63, 3.8) is 0 Å². The maximum atomic E-state index is 5.92. The molecule has 3 heterocycles. The third kappa shape index (κ3) is 1.95. The lowest BCUT2D eigenvalue weighted by molar-refractivity contribution is 0.789. The molecule has 0 spiro atoms. The van der Waals surface area contributed by atoms with Crippen LogP contribution in [0.1, 0.15) is 0 Å². The van der Waals surface area contributed by atoms with Crippen molar-refractivity contribution in [2.24, 2.45) is 0 Å². The number of halogens is 1. The Hall–Kier alpha value is -1.60. The predicted octanol–water partition coefficient (Wildman–Crippen LogP) is 2.41. The number of nitrogens with two attached hydrogens (primary N) is 1. The summed E-state index contributed by atoms with van der Waals surface area (Å²) in [5.74, 6) is 0.925. The lowest BCUT2D eigenvalue weighted by Crippen LogP contribution is -2.06. The van der Waals surface area contributed by atoms with Gasteiger partial charge in [-0.05, 0) is 32.8 Å². The van der Waals surface area contributed by atoms with Crippen molar-refractivity contribution in [1.82, 2.24) is 19.7 Å². The van der Waals surface area contributed by atoms with Gasteiger partial charge >= 0.3 is 0 Å². The van der Waals surface area contributed by atoms with Crippen molar-refractivity contribution in [3.05, 3.63) is 45.9 Å². The van der Waals surface area contributed by atoms with Gasteiger partial charge in [0.2, 0.25) is 0 Å². The first-order valence-corrected chi connectivity index (χ1v) is 7.49. The van der Waals surface area contributed by atoms with Crippen molar-refractivity contribution in [2.45, 2.75) is 5.03 Å². The molecule has 0 fully saturated rings. The smallest absolute Gasteiger partial charge is 0.253 e. The number of allylic oxidation sites excluding steroid dienone is 2. The summed E-state index contributed by atoms with van der Waals surface area (Å²) in [5.41, 5.74) is 5.92. The molecule has 92 valence electrons. The number of rotatable bonds is 2. The van der Waals surface area contributed by atoms with Crippen LogP contribution in [0.4, 0.5) is 5.82 Å². The molecule has 0 radical (unpaired) electrons. The van der Waals surface area contributed by atoms with Gasteiger partial charge in [-0.15, -0.1) is 0 Å². The Labute approximate surface area is 115 Å². The van der Waals surface area contributed by atoms with Crippen molar-refractivity contribution in [3.8, 4) is 5.95 Å². The normalized spacial score (nSPS) is 15.5. The largest absolute Gasteiger partial charge is 0.383 e. The highest BCUT2D eigenvalue weighted by Gasteiger charge is 2.15. The summed E-state index contributed by atoms with van der Waals surface area (Å²) in [4.78, 5) is 8.78. The Morgan fingerprint density at radius 3 is 2.67 bits per heavy atom. The summed E-state index contributed by atoms with van der Waals surface area (Å²) >= 11 is 3.46. The minimum Gasteiger partial charge on any atom is -0.383 e. The van der Waals surface area contributed by atoms with Crippen LogP contribution < -0.4 is 5.73 Å². The van der Waals surface area contributed by atoms with E-state index in [2.05, 4.69) is 41.8 Å². The van der Waals surface area contributed by atoms with Gasteiger partial charge in [-0.1, -0.05) is 12.2 Å². The molecule has 2 N–H and O–H groups in total. The summed E-state index contributed by atoms with van der Waals surface area (Å²) in [6.07, 6.45) is 7.51. The van der Waals surface area contributed by atoms with Crippen molar-refractivity contribution in [1.29, 1.82) is 0 Å². The minimum atomic E-state index is -0.550. The number of hydrogen-bond donors (Lipinski definition) is 2. The van der Waals surface area contributed by atoms with E-state index in [-0.39, 0.29) is 0 Å². The van der Waals surface area contributed by atoms with Gasteiger partial charge in [-0.2, -0.15) is 21.0 Å². The first-order valence-electron chi connectivity index (χ1n) is 5.22. The molecule has 0 saturated carbocycles. The van der Waals surface area contributed by atoms with Crippen LogP contribution in [0.15, 0.2) is 50.9 Å². The van der Waals surface area contributed by atoms with Gasteiger partial charge in [0.15, 0.2) is 0 Å². The third-order valence-corrected chi connectivity index (χ3v) is 5.29. The fourth-order valence-corrected chi connectivity index (χ4v) is 3.87. The van der Waals surface area contributed by atoms with Crippen molar-refractivity contribution < 1.29 is 0 Å². The molecule has 0 saturated heterocycles. The van der Waals surface area contributed by atoms with E-state index in [0.29, 0.717) is 11.8 Å². The maximum absolute atomic E-state index is 5.92. The lowest BCUT2D eigenvalue weighted by atomic mass is 10.6. The molecule has 18 heavy (non-hydrogen) atoms. The number of thiol groups is 1. The molecule has 0 aliphatic carbocycles. The molecule has 7 heteroatoms. The molecule has 0 unspecified atom stereocenters. The molecule has 0 amide bonds. The number of hydrogen-bond acceptors (Lipinski definition) is 4. The Balaban J connectivity index is 2.13. The highest BCUT2D eigenvalue weighted by Crippen LogP contribution is 2.45. The Morgan fingerprint density at radius 1 is 1.22 bits per heavy atom. The monoisotopic (exact) mass is 323 g/mol. The average Bonchev–Trinajstić information content (AvgIpc) is 3.03. The van der Waals surface area contributed by atoms with E-state index in [9.17, 15) is 0 Å². The topological polar surface area (TPSA) is 69.6 Å². The zero-order valence-electron chi connectivity index (χ0n) is 9.23. The van der Waals surface area contributed by atoms with Crippen LogP contribution in [0.2, 0.25) is 0 Å². The third-order valence-electron chi connectivity index (χ3n) is 2.41. The Morgan fingerprint density at radius 2 is 2.00 bits per heavy atom. The average molecular weight is 324 g/mol. The number of anilines is 1. The van der Waals surface area contributed by atoms with Gasteiger partial charge in [-0.3, -0.25) is 0 Å². The fourth-order valence-electron chi connectivity index (χ4n) is 1.58. The molecule has 2 aromatic heterocycles. The van der Waals surface area contributed by atoms with Crippen LogP contribution in [0, 0.1) is 0 Å². The number of nitrogens with zero attached hydrogens (tertiary/aromatic N) is 4. The minimum absolute atomic E-state index is 0.432. The summed E-state index contributed by atoms with van der Waals surface area (Å²) in [6.45, 7) is 0. The van der Waals surface area contributed by atoms with E-state index in [1.165, 1.54) is 0 Å². The molecular weight excluding hydrogens is 314 g/mol. The quantitative estimate of drug-likeness (QED) is 0.657. The molecule has 0 atom stereocenters. The molecular formula is C11H10BrN5S. The summed E-state index contributed by atoms with van der Waals surface area (Å²) in [7, 11) is -0.550. The van der Waals surface area contributed by atoms with Gasteiger partial charge in [0.05, 0.1) is 4.47 Å². The molecule has 1 aliphatic heterocycles. The van der Waals surface area contributed by atoms with Gasteiger partial charge in [0.1, 0.15) is 10.8 Å². The van der Waals surface area contributed by atoms with Crippen LogP contribution in [0.3, 0.4) is 0 Å². The zero-order chi connectivity index (χ0) is 12.5. The fraction of sp³-hybridized carbons (Fsp3) is 0. The highest BCUT2D eigenvalue weighted by molar-refractivity contribution is 9.10. The van der Waals surface area contributed by atoms with Crippen LogP contribution in [0.25, 0.3) is 5.95 Å². The van der Waals surface area contributed by atoms with Gasteiger partial charge in [-0.25, -0.2) is 9.67 Å². The van der Waals surface area contributed by atoms with Gasteiger partial charge in [0, 0.05) is 12.4 Å². The van der Waals surface area contributed by atoms with Crippen molar-refractivity contribution >= 4 is 32.6 Å². The van der Waals surface area contributed by atoms with Crippen LogP contribution in [-0.2, 0) is 0 Å². The van der Waals surface area contributed by atoms with Gasteiger partial charge in [0.25, 0.3) is 5.95 Å². The molecule has 3 rings (SSSR count). The van der Waals surface area contributed by atoms with E-state index in [4.69, 9.17) is 5.73 Å². The van der Waals surface area contributed by atoms with E-state index in [0.717, 1.165) is 9.50 Å². The highest BCUT2D eigenvalue weighted by atomic mass is 79.9. The zero-order valence-corrected chi connectivity index (χ0v) is 11.7. The standard InChI is InChI=1S/C11H10BrN5S/c12-8-9(13)15-11(17-5-3-4-14-17)16-10(8)18-6-1-2-7-18/h1-7,18H,(H2,13,15,16). The van der Waals surface area contributed by atoms with Crippen LogP contribution in [-0.4, -0.2) is 19.7 Å². The Kier molecular flexibility index (Phi) is 2.92. The number of nitrogen functional groups attached to an aromatic ring is 1. The second kappa shape index (κ2) is 4.58. The van der Waals surface area contributed by atoms with Crippen LogP contribution in [0.5, 0.6) is 0 Å². The Bertz CT molecular complexity index is 623. The summed E-state index contributed by atoms with van der Waals surface area (Å²) in [5, 5.41) is 9.27. The van der Waals surface area contributed by atoms with Crippen LogP contribution >= 0.6 is 26.8 Å². The molecule has 2 aromatic rings. The van der Waals surface area contributed by atoms with E-state index in [1.807, 2.05) is 18.2 Å².